The molecule has 0 aliphatic carbocycles. The molecule has 0 radical (unpaired) electrons. The molecule has 108 valence electrons. The predicted molar refractivity (Wildman–Crippen MR) is 81.0 cm³/mol. The van der Waals surface area contributed by atoms with Crippen molar-refractivity contribution in [3.63, 3.8) is 0 Å². The summed E-state index contributed by atoms with van der Waals surface area (Å²) >= 11 is 0. The third kappa shape index (κ3) is 3.02. The van der Waals surface area contributed by atoms with E-state index in [1.807, 2.05) is 4.68 Å². The van der Waals surface area contributed by atoms with Gasteiger partial charge in [0.25, 0.3) is 0 Å². The summed E-state index contributed by atoms with van der Waals surface area (Å²) in [4.78, 5) is 0. The van der Waals surface area contributed by atoms with Crippen LogP contribution in [0.1, 0.15) is 42.8 Å². The standard InChI is InChI=1S/C16H23N3O/c1-11(2)19-16(15(20-4)10-18-19)14(17)9-13-7-5-12(3)6-8-13/h5-8,10-11,14H,9,17H2,1-4H3. The average Bonchev–Trinajstić information content (AvgIpc) is 2.85. The quantitative estimate of drug-likeness (QED) is 0.911. The average molecular weight is 273 g/mol. The van der Waals surface area contributed by atoms with Gasteiger partial charge in [0, 0.05) is 6.04 Å². The highest BCUT2D eigenvalue weighted by Crippen LogP contribution is 2.28. The number of methoxy groups -OCH3 is 1. The monoisotopic (exact) mass is 273 g/mol. The van der Waals surface area contributed by atoms with Gasteiger partial charge in [0.05, 0.1) is 25.0 Å². The number of nitrogens with two attached hydrogens (primary N) is 1. The Kier molecular flexibility index (Phi) is 4.45. The molecule has 0 fully saturated rings. The van der Waals surface area contributed by atoms with Crippen LogP contribution in [0.2, 0.25) is 0 Å². The second-order valence-electron chi connectivity index (χ2n) is 5.43. The lowest BCUT2D eigenvalue weighted by Crippen LogP contribution is -2.20. The molecule has 4 nitrogen and oxygen atoms in total. The summed E-state index contributed by atoms with van der Waals surface area (Å²) in [6.45, 7) is 6.27. The Bertz CT molecular complexity index is 558. The first-order chi connectivity index (χ1) is 9.52. The third-order valence-corrected chi connectivity index (χ3v) is 3.44. The van der Waals surface area contributed by atoms with E-state index in [9.17, 15) is 0 Å². The fourth-order valence-electron chi connectivity index (χ4n) is 2.35. The van der Waals surface area contributed by atoms with Gasteiger partial charge in [-0.1, -0.05) is 29.8 Å². The van der Waals surface area contributed by atoms with Crippen LogP contribution in [0.5, 0.6) is 5.75 Å². The predicted octanol–water partition coefficient (Wildman–Crippen LogP) is 3.02. The van der Waals surface area contributed by atoms with Crippen molar-refractivity contribution in [2.24, 2.45) is 5.73 Å². The summed E-state index contributed by atoms with van der Waals surface area (Å²) < 4.78 is 7.33. The Morgan fingerprint density at radius 3 is 2.45 bits per heavy atom. The van der Waals surface area contributed by atoms with E-state index in [-0.39, 0.29) is 12.1 Å². The molecule has 1 aromatic carbocycles. The number of benzene rings is 1. The zero-order valence-electron chi connectivity index (χ0n) is 12.6. The highest BCUT2D eigenvalue weighted by Gasteiger charge is 2.20. The maximum absolute atomic E-state index is 6.38. The molecule has 0 saturated carbocycles. The Morgan fingerprint density at radius 2 is 1.90 bits per heavy atom. The molecule has 1 unspecified atom stereocenters. The molecule has 0 aliphatic heterocycles. The minimum Gasteiger partial charge on any atom is -0.493 e. The van der Waals surface area contributed by atoms with E-state index in [0.29, 0.717) is 0 Å². The Balaban J connectivity index is 2.26. The van der Waals surface area contributed by atoms with Gasteiger partial charge in [-0.15, -0.1) is 0 Å². The largest absolute Gasteiger partial charge is 0.493 e. The van der Waals surface area contributed by atoms with E-state index in [1.54, 1.807) is 13.3 Å². The van der Waals surface area contributed by atoms with Gasteiger partial charge in [0.15, 0.2) is 5.75 Å². The molecule has 1 atom stereocenters. The van der Waals surface area contributed by atoms with Crippen molar-refractivity contribution < 1.29 is 4.74 Å². The molecule has 0 bridgehead atoms. The van der Waals surface area contributed by atoms with Gasteiger partial charge in [0.2, 0.25) is 0 Å². The Hall–Kier alpha value is -1.81. The van der Waals surface area contributed by atoms with Gasteiger partial charge >= 0.3 is 0 Å². The zero-order valence-corrected chi connectivity index (χ0v) is 12.6. The van der Waals surface area contributed by atoms with Crippen LogP contribution < -0.4 is 10.5 Å². The van der Waals surface area contributed by atoms with E-state index >= 15 is 0 Å². The lowest BCUT2D eigenvalue weighted by molar-refractivity contribution is 0.396. The summed E-state index contributed by atoms with van der Waals surface area (Å²) in [6, 6.07) is 8.60. The van der Waals surface area contributed by atoms with Gasteiger partial charge in [0.1, 0.15) is 0 Å². The molecule has 1 heterocycles. The van der Waals surface area contributed by atoms with Crippen LogP contribution in [0.3, 0.4) is 0 Å². The van der Waals surface area contributed by atoms with Crippen LogP contribution in [0.4, 0.5) is 0 Å². The number of nitrogens with zero attached hydrogens (tertiary/aromatic N) is 2. The molecule has 2 aromatic rings. The minimum atomic E-state index is -0.127. The summed E-state index contributed by atoms with van der Waals surface area (Å²) in [5.74, 6) is 0.762. The molecule has 1 aromatic heterocycles. The van der Waals surface area contributed by atoms with Crippen molar-refractivity contribution in [2.75, 3.05) is 7.11 Å². The highest BCUT2D eigenvalue weighted by molar-refractivity contribution is 5.31. The normalized spacial score (nSPS) is 12.7. The maximum atomic E-state index is 6.38. The molecular weight excluding hydrogens is 250 g/mol. The highest BCUT2D eigenvalue weighted by atomic mass is 16.5. The lowest BCUT2D eigenvalue weighted by atomic mass is 10.0. The maximum Gasteiger partial charge on any atom is 0.161 e. The smallest absolute Gasteiger partial charge is 0.161 e. The number of ether oxygens (including phenoxy) is 1. The van der Waals surface area contributed by atoms with Crippen LogP contribution >= 0.6 is 0 Å². The molecule has 0 amide bonds. The number of hydrogen-bond donors (Lipinski definition) is 1. The number of rotatable bonds is 5. The zero-order chi connectivity index (χ0) is 14.7. The van der Waals surface area contributed by atoms with Crippen molar-refractivity contribution in [3.8, 4) is 5.75 Å². The second kappa shape index (κ2) is 6.09. The molecule has 0 spiro atoms. The van der Waals surface area contributed by atoms with Crippen molar-refractivity contribution in [1.82, 2.24) is 9.78 Å². The number of hydrogen-bond acceptors (Lipinski definition) is 3. The summed E-state index contributed by atoms with van der Waals surface area (Å²) in [6.07, 6.45) is 2.51. The van der Waals surface area contributed by atoms with Crippen molar-refractivity contribution in [2.45, 2.75) is 39.3 Å². The van der Waals surface area contributed by atoms with E-state index in [0.717, 1.165) is 17.9 Å². The fraction of sp³-hybridized carbons (Fsp3) is 0.438. The Morgan fingerprint density at radius 1 is 1.25 bits per heavy atom. The SMILES string of the molecule is COc1cnn(C(C)C)c1C(N)Cc1ccc(C)cc1. The van der Waals surface area contributed by atoms with Gasteiger partial charge in [-0.2, -0.15) is 5.10 Å². The molecule has 2 N–H and O–H groups in total. The third-order valence-electron chi connectivity index (χ3n) is 3.44. The van der Waals surface area contributed by atoms with E-state index in [2.05, 4.69) is 50.1 Å². The molecule has 0 aliphatic rings. The first kappa shape index (κ1) is 14.6. The number of aromatic nitrogens is 2. The van der Waals surface area contributed by atoms with Gasteiger partial charge in [-0.05, 0) is 32.8 Å². The lowest BCUT2D eigenvalue weighted by Gasteiger charge is -2.18. The van der Waals surface area contributed by atoms with Crippen molar-refractivity contribution in [3.05, 3.63) is 47.3 Å². The first-order valence-corrected chi connectivity index (χ1v) is 6.95. The first-order valence-electron chi connectivity index (χ1n) is 6.95. The molecule has 2 rings (SSSR count). The molecule has 4 heteroatoms. The second-order valence-corrected chi connectivity index (χ2v) is 5.43. The summed E-state index contributed by atoms with van der Waals surface area (Å²) in [5.41, 5.74) is 9.83. The van der Waals surface area contributed by atoms with Crippen LogP contribution in [0.25, 0.3) is 0 Å². The van der Waals surface area contributed by atoms with Crippen LogP contribution in [-0.2, 0) is 6.42 Å². The van der Waals surface area contributed by atoms with Gasteiger partial charge < -0.3 is 10.5 Å². The van der Waals surface area contributed by atoms with Crippen LogP contribution in [-0.4, -0.2) is 16.9 Å². The van der Waals surface area contributed by atoms with Crippen LogP contribution in [0, 0.1) is 6.92 Å². The van der Waals surface area contributed by atoms with Gasteiger partial charge in [-0.25, -0.2) is 0 Å². The van der Waals surface area contributed by atoms with Crippen molar-refractivity contribution in [1.29, 1.82) is 0 Å². The molecule has 0 saturated heterocycles. The fourth-order valence-corrected chi connectivity index (χ4v) is 2.35. The molecular formula is C16H23N3O. The topological polar surface area (TPSA) is 53.1 Å². The summed E-state index contributed by atoms with van der Waals surface area (Å²) in [7, 11) is 1.66. The van der Waals surface area contributed by atoms with E-state index in [4.69, 9.17) is 10.5 Å². The minimum absolute atomic E-state index is 0.127. The summed E-state index contributed by atoms with van der Waals surface area (Å²) in [5, 5.41) is 4.37. The Labute approximate surface area is 120 Å². The van der Waals surface area contributed by atoms with E-state index < -0.39 is 0 Å². The number of aryl methyl sites for hydroxylation is 1. The van der Waals surface area contributed by atoms with Crippen molar-refractivity contribution >= 4 is 0 Å². The molecule has 20 heavy (non-hydrogen) atoms. The van der Waals surface area contributed by atoms with E-state index in [1.165, 1.54) is 11.1 Å². The van der Waals surface area contributed by atoms with Gasteiger partial charge in [-0.3, -0.25) is 4.68 Å². The van der Waals surface area contributed by atoms with Crippen LogP contribution in [0.15, 0.2) is 30.5 Å².